The minimum Gasteiger partial charge on any atom is -0.462 e. The van der Waals surface area contributed by atoms with Crippen LogP contribution in [0.4, 0.5) is 0 Å². The molecule has 0 aromatic rings. The van der Waals surface area contributed by atoms with Gasteiger partial charge in [0, 0.05) is 19.3 Å². The summed E-state index contributed by atoms with van der Waals surface area (Å²) in [5.41, 5.74) is 0. The van der Waals surface area contributed by atoms with Crippen molar-refractivity contribution in [3.05, 3.63) is 122 Å². The molecule has 6 heteroatoms. The van der Waals surface area contributed by atoms with Crippen LogP contribution in [-0.4, -0.2) is 37.2 Å². The molecule has 0 aliphatic heterocycles. The lowest BCUT2D eigenvalue weighted by Crippen LogP contribution is -2.30. The quantitative estimate of drug-likeness (QED) is 0.0261. The normalized spacial score (nSPS) is 12.9. The molecule has 0 bridgehead atoms. The molecule has 0 heterocycles. The molecule has 0 amide bonds. The molecule has 462 valence electrons. The van der Waals surface area contributed by atoms with Gasteiger partial charge in [-0.15, -0.1) is 0 Å². The van der Waals surface area contributed by atoms with Crippen LogP contribution in [0.3, 0.4) is 0 Å². The van der Waals surface area contributed by atoms with Crippen LogP contribution in [0.25, 0.3) is 0 Å². The van der Waals surface area contributed by atoms with Crippen LogP contribution >= 0.6 is 0 Å². The van der Waals surface area contributed by atoms with Crippen LogP contribution in [0.5, 0.6) is 0 Å². The maximum Gasteiger partial charge on any atom is 0.306 e. The Morgan fingerprint density at radius 3 is 0.778 bits per heavy atom. The number of hydrogen-bond donors (Lipinski definition) is 0. The number of carbonyl (C=O) groups excluding carboxylic acids is 3. The van der Waals surface area contributed by atoms with Crippen molar-refractivity contribution in [2.45, 2.75) is 322 Å². The van der Waals surface area contributed by atoms with E-state index in [-0.39, 0.29) is 37.5 Å². The molecule has 0 rings (SSSR count). The first-order chi connectivity index (χ1) is 40.0. The van der Waals surface area contributed by atoms with Gasteiger partial charge in [-0.05, 0) is 128 Å². The maximum atomic E-state index is 12.9. The van der Waals surface area contributed by atoms with Gasteiger partial charge >= 0.3 is 17.9 Å². The summed E-state index contributed by atoms with van der Waals surface area (Å²) in [6.45, 7) is 6.39. The average Bonchev–Trinajstić information content (AvgIpc) is 3.47. The van der Waals surface area contributed by atoms with Gasteiger partial charge in [-0.25, -0.2) is 0 Å². The van der Waals surface area contributed by atoms with E-state index in [1.807, 2.05) is 0 Å². The molecule has 0 aliphatic carbocycles. The first-order valence-electron chi connectivity index (χ1n) is 34.0. The van der Waals surface area contributed by atoms with Crippen molar-refractivity contribution in [1.82, 2.24) is 0 Å². The molecule has 0 aliphatic rings. The maximum absolute atomic E-state index is 12.9. The van der Waals surface area contributed by atoms with Crippen LogP contribution in [-0.2, 0) is 28.6 Å². The van der Waals surface area contributed by atoms with Crippen molar-refractivity contribution in [1.29, 1.82) is 0 Å². The van der Waals surface area contributed by atoms with Crippen molar-refractivity contribution in [2.75, 3.05) is 13.2 Å². The van der Waals surface area contributed by atoms with Gasteiger partial charge in [-0.2, -0.15) is 0 Å². The fraction of sp³-hybridized carbons (Fsp3) is 0.693. The van der Waals surface area contributed by atoms with E-state index in [9.17, 15) is 14.4 Å². The summed E-state index contributed by atoms with van der Waals surface area (Å²) in [5, 5.41) is 0. The number of carbonyl (C=O) groups is 3. The number of esters is 3. The van der Waals surface area contributed by atoms with Crippen LogP contribution in [0, 0.1) is 0 Å². The second-order valence-electron chi connectivity index (χ2n) is 22.3. The monoisotopic (exact) mass is 1120 g/mol. The predicted molar refractivity (Wildman–Crippen MR) is 353 cm³/mol. The molecule has 81 heavy (non-hydrogen) atoms. The molecular formula is C75H126O6. The number of ether oxygens (including phenoxy) is 3. The number of allylic oxidation sites excluding steroid dienone is 20. The molecular weight excluding hydrogens is 997 g/mol. The molecule has 1 unspecified atom stereocenters. The van der Waals surface area contributed by atoms with Gasteiger partial charge in [0.15, 0.2) is 6.10 Å². The lowest BCUT2D eigenvalue weighted by Gasteiger charge is -2.18. The first kappa shape index (κ1) is 76.8. The SMILES string of the molecule is CC/C=C\C/C=C\C/C=C\C/C=C\C/C=C\CCCCCC(=O)OC(COC(=O)CCCCCC/C=C\C/C=C\C/C=C\C/C=C\CC)COC(=O)CCCCCCCCCCCCCCCCC/C=C\CCCCCCCCCC. The molecule has 0 saturated heterocycles. The fourth-order valence-corrected chi connectivity index (χ4v) is 9.40. The Morgan fingerprint density at radius 1 is 0.259 bits per heavy atom. The van der Waals surface area contributed by atoms with Crippen LogP contribution in [0.2, 0.25) is 0 Å². The Morgan fingerprint density at radius 2 is 0.481 bits per heavy atom. The van der Waals surface area contributed by atoms with E-state index in [1.165, 1.54) is 141 Å². The lowest BCUT2D eigenvalue weighted by molar-refractivity contribution is -0.167. The number of hydrogen-bond acceptors (Lipinski definition) is 6. The summed E-state index contributed by atoms with van der Waals surface area (Å²) >= 11 is 0. The summed E-state index contributed by atoms with van der Waals surface area (Å²) < 4.78 is 16.9. The van der Waals surface area contributed by atoms with Crippen molar-refractivity contribution in [3.63, 3.8) is 0 Å². The van der Waals surface area contributed by atoms with Crippen molar-refractivity contribution >= 4 is 17.9 Å². The predicted octanol–water partition coefficient (Wildman–Crippen LogP) is 23.6. The van der Waals surface area contributed by atoms with Gasteiger partial charge in [0.05, 0.1) is 0 Å². The second kappa shape index (κ2) is 68.3. The highest BCUT2D eigenvalue weighted by Gasteiger charge is 2.19. The summed E-state index contributed by atoms with van der Waals surface area (Å²) in [7, 11) is 0. The van der Waals surface area contributed by atoms with Gasteiger partial charge in [0.25, 0.3) is 0 Å². The molecule has 0 spiro atoms. The molecule has 1 atom stereocenters. The van der Waals surface area contributed by atoms with Gasteiger partial charge in [-0.3, -0.25) is 14.4 Å². The first-order valence-corrected chi connectivity index (χ1v) is 34.0. The zero-order valence-electron chi connectivity index (χ0n) is 53.0. The third-order valence-electron chi connectivity index (χ3n) is 14.4. The topological polar surface area (TPSA) is 78.9 Å². The van der Waals surface area contributed by atoms with Gasteiger partial charge in [-0.1, -0.05) is 290 Å². The van der Waals surface area contributed by atoms with Gasteiger partial charge < -0.3 is 14.2 Å². The molecule has 6 nitrogen and oxygen atoms in total. The van der Waals surface area contributed by atoms with Gasteiger partial charge in [0.1, 0.15) is 13.2 Å². The smallest absolute Gasteiger partial charge is 0.306 e. The Kier molecular flexibility index (Phi) is 64.8. The Balaban J connectivity index is 4.39. The van der Waals surface area contributed by atoms with E-state index in [1.54, 1.807) is 0 Å². The second-order valence-corrected chi connectivity index (χ2v) is 22.3. The van der Waals surface area contributed by atoms with Crippen LogP contribution in [0.15, 0.2) is 122 Å². The molecule has 0 aromatic carbocycles. The third-order valence-corrected chi connectivity index (χ3v) is 14.4. The van der Waals surface area contributed by atoms with E-state index in [2.05, 4.69) is 142 Å². The zero-order valence-corrected chi connectivity index (χ0v) is 53.0. The minimum absolute atomic E-state index is 0.101. The van der Waals surface area contributed by atoms with Crippen molar-refractivity contribution in [3.8, 4) is 0 Å². The van der Waals surface area contributed by atoms with Crippen molar-refractivity contribution in [2.24, 2.45) is 0 Å². The number of rotatable bonds is 61. The van der Waals surface area contributed by atoms with Crippen LogP contribution < -0.4 is 0 Å². The van der Waals surface area contributed by atoms with Crippen molar-refractivity contribution < 1.29 is 28.6 Å². The lowest BCUT2D eigenvalue weighted by atomic mass is 10.0. The van der Waals surface area contributed by atoms with E-state index in [0.717, 1.165) is 135 Å². The highest BCUT2D eigenvalue weighted by Crippen LogP contribution is 2.16. The van der Waals surface area contributed by atoms with E-state index in [4.69, 9.17) is 14.2 Å². The number of unbranched alkanes of at least 4 members (excludes halogenated alkanes) is 30. The average molecular weight is 1120 g/mol. The third kappa shape index (κ3) is 66.5. The Bertz CT molecular complexity index is 1670. The molecule has 0 fully saturated rings. The summed E-state index contributed by atoms with van der Waals surface area (Å²) in [4.78, 5) is 38.4. The standard InChI is InChI=1S/C75H126O6/c1-4-7-10-13-16-19-22-25-28-31-33-34-35-36-37-38-39-40-42-44-47-50-53-56-59-62-65-68-74(77)80-71-72(70-79-73(76)67-64-61-58-55-52-49-46-43-30-27-24-21-18-15-12-9-6-3)81-75(78)69-66-63-60-57-54-51-48-45-41-32-29-26-23-20-17-14-11-8-5-2/h8-9,11-12,17-18,20-21,26-27,29-31,33,41,45-46,49,51,54,72H,4-7,10,13-16,19,22-25,28,32,34-40,42-44,47-48,50,52-53,55-71H2,1-3H3/b11-8-,12-9-,20-17-,21-18-,29-26-,30-27-,33-31-,45-41-,49-46-,54-51-. The summed E-state index contributed by atoms with van der Waals surface area (Å²) in [6.07, 6.45) is 95.1. The highest BCUT2D eigenvalue weighted by atomic mass is 16.6. The minimum atomic E-state index is -0.811. The Labute approximate surface area is 501 Å². The molecule has 0 saturated carbocycles. The van der Waals surface area contributed by atoms with E-state index < -0.39 is 6.10 Å². The van der Waals surface area contributed by atoms with Gasteiger partial charge in [0.2, 0.25) is 0 Å². The molecule has 0 N–H and O–H groups in total. The fourth-order valence-electron chi connectivity index (χ4n) is 9.40. The molecule has 0 radical (unpaired) electrons. The van der Waals surface area contributed by atoms with E-state index >= 15 is 0 Å². The molecule has 0 aromatic heterocycles. The van der Waals surface area contributed by atoms with Crippen LogP contribution in [0.1, 0.15) is 316 Å². The summed E-state index contributed by atoms with van der Waals surface area (Å²) in [6, 6.07) is 0. The zero-order chi connectivity index (χ0) is 58.5. The summed E-state index contributed by atoms with van der Waals surface area (Å²) in [5.74, 6) is -0.950. The highest BCUT2D eigenvalue weighted by molar-refractivity contribution is 5.71. The Hall–Kier alpha value is -4.19. The largest absolute Gasteiger partial charge is 0.462 e. The van der Waals surface area contributed by atoms with E-state index in [0.29, 0.717) is 12.8 Å².